The lowest BCUT2D eigenvalue weighted by molar-refractivity contribution is -0.141. The molecule has 0 radical (unpaired) electrons. The summed E-state index contributed by atoms with van der Waals surface area (Å²) in [4.78, 5) is 36.8. The molecule has 0 aromatic heterocycles. The number of aliphatic carboxylic acids is 1. The maximum absolute atomic E-state index is 12.8. The van der Waals surface area contributed by atoms with Crippen LogP contribution in [0.5, 0.6) is 0 Å². The summed E-state index contributed by atoms with van der Waals surface area (Å²) in [6.07, 6.45) is 1.38. The van der Waals surface area contributed by atoms with Crippen LogP contribution in [0.15, 0.2) is 54.6 Å². The topological polar surface area (TPSA) is 83.5 Å². The van der Waals surface area contributed by atoms with Crippen LogP contribution >= 0.6 is 23.5 Å². The van der Waals surface area contributed by atoms with Crippen LogP contribution < -0.4 is 5.32 Å². The highest BCUT2D eigenvalue weighted by atomic mass is 32.2. The Balaban J connectivity index is 1.88. The van der Waals surface area contributed by atoms with Gasteiger partial charge in [-0.1, -0.05) is 85.3 Å². The number of carbonyl (C=O) groups is 3. The first-order chi connectivity index (χ1) is 14.9. The van der Waals surface area contributed by atoms with Crippen LogP contribution in [0.4, 0.5) is 0 Å². The van der Waals surface area contributed by atoms with Crippen molar-refractivity contribution in [3.63, 3.8) is 0 Å². The number of amides is 1. The van der Waals surface area contributed by atoms with Gasteiger partial charge in [0.15, 0.2) is 0 Å². The monoisotopic (exact) mass is 459 g/mol. The van der Waals surface area contributed by atoms with Gasteiger partial charge in [0, 0.05) is 28.7 Å². The maximum atomic E-state index is 12.8. The van der Waals surface area contributed by atoms with E-state index in [1.54, 1.807) is 24.3 Å². The predicted molar refractivity (Wildman–Crippen MR) is 129 cm³/mol. The van der Waals surface area contributed by atoms with E-state index in [2.05, 4.69) is 5.32 Å². The highest BCUT2D eigenvalue weighted by Gasteiger charge is 2.25. The number of aryl methyl sites for hydroxylation is 1. The van der Waals surface area contributed by atoms with Crippen molar-refractivity contribution in [1.82, 2.24) is 5.32 Å². The first-order valence-corrected chi connectivity index (χ1v) is 12.4. The summed E-state index contributed by atoms with van der Waals surface area (Å²) in [5.74, 6) is -0.474. The highest BCUT2D eigenvalue weighted by Crippen LogP contribution is 2.20. The number of thioether (sulfide) groups is 2. The van der Waals surface area contributed by atoms with E-state index in [4.69, 9.17) is 0 Å². The lowest BCUT2D eigenvalue weighted by Crippen LogP contribution is -2.45. The molecule has 2 atom stereocenters. The number of hydrogen-bond acceptors (Lipinski definition) is 5. The van der Waals surface area contributed by atoms with Crippen LogP contribution in [0.25, 0.3) is 0 Å². The molecular formula is C24H29NO4S2. The second kappa shape index (κ2) is 13.2. The van der Waals surface area contributed by atoms with Crippen molar-refractivity contribution in [2.45, 2.75) is 38.5 Å². The number of hydrogen-bond donors (Lipinski definition) is 2. The van der Waals surface area contributed by atoms with Gasteiger partial charge >= 0.3 is 5.97 Å². The van der Waals surface area contributed by atoms with E-state index >= 15 is 0 Å². The molecule has 2 aromatic carbocycles. The maximum Gasteiger partial charge on any atom is 0.327 e. The van der Waals surface area contributed by atoms with E-state index in [0.29, 0.717) is 23.5 Å². The summed E-state index contributed by atoms with van der Waals surface area (Å²) in [6, 6.07) is 16.1. The molecule has 1 unspecified atom stereocenters. The Hall–Kier alpha value is -2.25. The fraction of sp³-hybridized carbons (Fsp3) is 0.375. The lowest BCUT2D eigenvalue weighted by atomic mass is 10.0. The molecule has 2 aromatic rings. The Kier molecular flexibility index (Phi) is 10.7. The standard InChI is InChI=1S/C24H29NO4S2/c1-3-7-20(15-31-24(29)19-8-5-4-6-9-19)22(26)25-21(23(27)28)16-30-14-18-12-10-17(2)11-13-18/h4-6,8-13,20-21H,3,7,14-16H2,1-2H3,(H,25,26)(H,27,28)/t20?,21-/m0/s1. The SMILES string of the molecule is CCCC(CSC(=O)c1ccccc1)C(=O)N[C@@H](CSCc1ccc(C)cc1)C(=O)O. The molecule has 2 N–H and O–H groups in total. The molecule has 0 aliphatic heterocycles. The van der Waals surface area contributed by atoms with Crippen molar-refractivity contribution in [1.29, 1.82) is 0 Å². The van der Waals surface area contributed by atoms with E-state index in [0.717, 1.165) is 23.7 Å². The van der Waals surface area contributed by atoms with E-state index in [1.807, 2.05) is 44.2 Å². The number of benzene rings is 2. The molecule has 0 spiro atoms. The van der Waals surface area contributed by atoms with Gasteiger partial charge in [0.2, 0.25) is 11.0 Å². The minimum atomic E-state index is -1.05. The van der Waals surface area contributed by atoms with Gasteiger partial charge in [-0.3, -0.25) is 9.59 Å². The smallest absolute Gasteiger partial charge is 0.327 e. The third-order valence-corrected chi connectivity index (χ3v) is 6.89. The van der Waals surface area contributed by atoms with Crippen molar-refractivity contribution >= 4 is 40.5 Å². The molecule has 0 aliphatic rings. The van der Waals surface area contributed by atoms with Gasteiger partial charge in [0.1, 0.15) is 6.04 Å². The van der Waals surface area contributed by atoms with Crippen LogP contribution in [-0.4, -0.2) is 39.6 Å². The molecule has 0 bridgehead atoms. The van der Waals surface area contributed by atoms with Gasteiger partial charge < -0.3 is 10.4 Å². The first kappa shape index (κ1) is 25.0. The number of carboxylic acids is 1. The molecule has 0 fully saturated rings. The zero-order chi connectivity index (χ0) is 22.6. The van der Waals surface area contributed by atoms with Crippen LogP contribution in [0.3, 0.4) is 0 Å². The van der Waals surface area contributed by atoms with Gasteiger partial charge in [-0.25, -0.2) is 4.79 Å². The van der Waals surface area contributed by atoms with Gasteiger partial charge in [0.05, 0.1) is 0 Å². The number of rotatable bonds is 12. The zero-order valence-electron chi connectivity index (χ0n) is 17.9. The van der Waals surface area contributed by atoms with Crippen molar-refractivity contribution < 1.29 is 19.5 Å². The van der Waals surface area contributed by atoms with Crippen LogP contribution in [0, 0.1) is 12.8 Å². The molecule has 2 rings (SSSR count). The summed E-state index contributed by atoms with van der Waals surface area (Å²) < 4.78 is 0. The Bertz CT molecular complexity index is 856. The molecule has 0 saturated carbocycles. The molecule has 7 heteroatoms. The van der Waals surface area contributed by atoms with Crippen LogP contribution in [0.1, 0.15) is 41.3 Å². The third kappa shape index (κ3) is 8.79. The highest BCUT2D eigenvalue weighted by molar-refractivity contribution is 8.14. The second-order valence-corrected chi connectivity index (χ2v) is 9.37. The number of carbonyl (C=O) groups excluding carboxylic acids is 2. The molecule has 31 heavy (non-hydrogen) atoms. The van der Waals surface area contributed by atoms with E-state index in [-0.39, 0.29) is 16.8 Å². The van der Waals surface area contributed by atoms with Gasteiger partial charge in [0.25, 0.3) is 0 Å². The zero-order valence-corrected chi connectivity index (χ0v) is 19.5. The molecule has 166 valence electrons. The number of carboxylic acid groups (broad SMARTS) is 1. The number of nitrogens with one attached hydrogen (secondary N) is 1. The molecular weight excluding hydrogens is 430 g/mol. The Morgan fingerprint density at radius 3 is 2.29 bits per heavy atom. The third-order valence-electron chi connectivity index (χ3n) is 4.72. The minimum absolute atomic E-state index is 0.0852. The fourth-order valence-electron chi connectivity index (χ4n) is 2.92. The molecule has 1 amide bonds. The van der Waals surface area contributed by atoms with Crippen molar-refractivity contribution in [3.05, 3.63) is 71.3 Å². The van der Waals surface area contributed by atoms with Crippen molar-refractivity contribution in [2.24, 2.45) is 5.92 Å². The Morgan fingerprint density at radius 1 is 1.00 bits per heavy atom. The van der Waals surface area contributed by atoms with Crippen molar-refractivity contribution in [2.75, 3.05) is 11.5 Å². The van der Waals surface area contributed by atoms with E-state index < -0.39 is 17.9 Å². The lowest BCUT2D eigenvalue weighted by Gasteiger charge is -2.19. The normalized spacial score (nSPS) is 12.7. The van der Waals surface area contributed by atoms with E-state index in [9.17, 15) is 19.5 Å². The summed E-state index contributed by atoms with van der Waals surface area (Å²) in [5.41, 5.74) is 2.89. The minimum Gasteiger partial charge on any atom is -0.480 e. The Morgan fingerprint density at radius 2 is 1.68 bits per heavy atom. The average molecular weight is 460 g/mol. The van der Waals surface area contributed by atoms with Crippen LogP contribution in [-0.2, 0) is 15.3 Å². The average Bonchev–Trinajstić information content (AvgIpc) is 2.77. The van der Waals surface area contributed by atoms with Gasteiger partial charge in [-0.15, -0.1) is 0 Å². The molecule has 0 saturated heterocycles. The fourth-order valence-corrected chi connectivity index (χ4v) is 4.90. The van der Waals surface area contributed by atoms with Crippen LogP contribution in [0.2, 0.25) is 0 Å². The molecule has 0 aliphatic carbocycles. The second-order valence-electron chi connectivity index (χ2n) is 7.35. The first-order valence-electron chi connectivity index (χ1n) is 10.3. The summed E-state index contributed by atoms with van der Waals surface area (Å²) >= 11 is 2.58. The van der Waals surface area contributed by atoms with Gasteiger partial charge in [-0.2, -0.15) is 11.8 Å². The predicted octanol–water partition coefficient (Wildman–Crippen LogP) is 4.79. The largest absolute Gasteiger partial charge is 0.480 e. The molecule has 5 nitrogen and oxygen atoms in total. The van der Waals surface area contributed by atoms with E-state index in [1.165, 1.54) is 17.3 Å². The Labute approximate surface area is 192 Å². The summed E-state index contributed by atoms with van der Waals surface area (Å²) in [5, 5.41) is 12.1. The van der Waals surface area contributed by atoms with Crippen molar-refractivity contribution in [3.8, 4) is 0 Å². The summed E-state index contributed by atoms with van der Waals surface area (Å²) in [6.45, 7) is 3.99. The molecule has 0 heterocycles. The van der Waals surface area contributed by atoms with Gasteiger partial charge in [-0.05, 0) is 18.9 Å². The summed E-state index contributed by atoms with van der Waals surface area (Å²) in [7, 11) is 0. The quantitative estimate of drug-likeness (QED) is 0.475.